The van der Waals surface area contributed by atoms with Gasteiger partial charge in [0.1, 0.15) is 23.4 Å². The van der Waals surface area contributed by atoms with Crippen molar-refractivity contribution < 1.29 is 18.7 Å². The number of carbonyl (C=O) groups is 1. The molecule has 34 heavy (non-hydrogen) atoms. The van der Waals surface area contributed by atoms with Crippen LogP contribution < -0.4 is 9.64 Å². The van der Waals surface area contributed by atoms with Crippen molar-refractivity contribution >= 4 is 34.4 Å². The van der Waals surface area contributed by atoms with Gasteiger partial charge >= 0.3 is 6.09 Å². The molecule has 3 heterocycles. The highest BCUT2D eigenvalue weighted by atomic mass is 127. The number of hydrogen-bond donors (Lipinski definition) is 0. The number of imidazole rings is 1. The monoisotopic (exact) mass is 574 g/mol. The maximum Gasteiger partial charge on any atom is 0.414 e. The molecule has 1 aliphatic heterocycles. The summed E-state index contributed by atoms with van der Waals surface area (Å²) in [6.07, 6.45) is 4.49. The maximum absolute atomic E-state index is 13.9. The molecular formula is C23H20FIN6O3. The fraction of sp³-hybridized carbons (Fsp3) is 0.217. The number of benzene rings is 2. The van der Waals surface area contributed by atoms with Crippen LogP contribution in [0.5, 0.6) is 5.75 Å². The fourth-order valence-electron chi connectivity index (χ4n) is 3.81. The topological polar surface area (TPSA) is 87.3 Å². The van der Waals surface area contributed by atoms with E-state index in [1.807, 2.05) is 58.5 Å². The standard InChI is InChI=1S/C23H20FIN6O3/c1-14-9-29(13-26-14)21-6-3-15(7-22(21)33-2)20-12-30(28-27-20)10-17-11-31(23(32)34-17)16-4-5-19(25)18(24)8-16/h3-9,12-13,17H,10-11H2,1-2H3/t17-/m0/s1. The Morgan fingerprint density at radius 3 is 2.82 bits per heavy atom. The lowest BCUT2D eigenvalue weighted by Crippen LogP contribution is -2.26. The van der Waals surface area contributed by atoms with Gasteiger partial charge in [-0.05, 0) is 59.8 Å². The lowest BCUT2D eigenvalue weighted by Gasteiger charge is -2.13. The van der Waals surface area contributed by atoms with E-state index in [9.17, 15) is 9.18 Å². The highest BCUT2D eigenvalue weighted by molar-refractivity contribution is 14.1. The van der Waals surface area contributed by atoms with Crippen LogP contribution in [0.15, 0.2) is 55.1 Å². The quantitative estimate of drug-likeness (QED) is 0.321. The Morgan fingerprint density at radius 2 is 2.09 bits per heavy atom. The summed E-state index contributed by atoms with van der Waals surface area (Å²) in [5, 5.41) is 8.45. The number of aryl methyl sites for hydroxylation is 1. The number of aromatic nitrogens is 5. The van der Waals surface area contributed by atoms with E-state index in [2.05, 4.69) is 15.3 Å². The first-order valence-electron chi connectivity index (χ1n) is 10.4. The lowest BCUT2D eigenvalue weighted by atomic mass is 10.1. The van der Waals surface area contributed by atoms with Crippen LogP contribution in [-0.2, 0) is 11.3 Å². The molecule has 0 spiro atoms. The van der Waals surface area contributed by atoms with Crippen LogP contribution in [0.3, 0.4) is 0 Å². The average molecular weight is 574 g/mol. The molecule has 0 N–H and O–H groups in total. The molecule has 2 aromatic carbocycles. The minimum Gasteiger partial charge on any atom is -0.495 e. The predicted octanol–water partition coefficient (Wildman–Crippen LogP) is 4.22. The smallest absolute Gasteiger partial charge is 0.414 e. The van der Waals surface area contributed by atoms with Crippen LogP contribution in [0, 0.1) is 16.3 Å². The number of hydrogen-bond acceptors (Lipinski definition) is 6. The number of carbonyl (C=O) groups excluding carboxylic acids is 1. The SMILES string of the molecule is COc1cc(-c2cn(C[C@H]3CN(c4ccc(I)c(F)c4)C(=O)O3)nn2)ccc1-n1cnc(C)c1. The molecule has 1 amide bonds. The van der Waals surface area contributed by atoms with Crippen LogP contribution in [0.4, 0.5) is 14.9 Å². The van der Waals surface area contributed by atoms with Gasteiger partial charge in [-0.25, -0.2) is 18.9 Å². The molecule has 1 atom stereocenters. The average Bonchev–Trinajstić information content (AvgIpc) is 3.56. The Bertz CT molecular complexity index is 1370. The van der Waals surface area contributed by atoms with Crippen molar-refractivity contribution in [3.05, 3.63) is 70.2 Å². The summed E-state index contributed by atoms with van der Waals surface area (Å²) in [5.41, 5.74) is 3.73. The second kappa shape index (κ2) is 9.05. The molecule has 0 radical (unpaired) electrons. The first-order chi connectivity index (χ1) is 16.4. The molecule has 1 aliphatic rings. The predicted molar refractivity (Wildman–Crippen MR) is 131 cm³/mol. The molecule has 0 bridgehead atoms. The Hall–Kier alpha value is -3.48. The van der Waals surface area contributed by atoms with Gasteiger partial charge in [-0.2, -0.15) is 0 Å². The molecular weight excluding hydrogens is 554 g/mol. The molecule has 0 saturated carbocycles. The first-order valence-corrected chi connectivity index (χ1v) is 11.5. The van der Waals surface area contributed by atoms with Gasteiger partial charge in [0.25, 0.3) is 0 Å². The van der Waals surface area contributed by atoms with Gasteiger partial charge in [0.2, 0.25) is 0 Å². The number of halogens is 2. The summed E-state index contributed by atoms with van der Waals surface area (Å²) >= 11 is 1.91. The molecule has 174 valence electrons. The molecule has 0 aliphatic carbocycles. The number of methoxy groups -OCH3 is 1. The van der Waals surface area contributed by atoms with Crippen molar-refractivity contribution in [2.24, 2.45) is 0 Å². The van der Waals surface area contributed by atoms with Crippen molar-refractivity contribution in [1.29, 1.82) is 0 Å². The number of ether oxygens (including phenoxy) is 2. The van der Waals surface area contributed by atoms with Gasteiger partial charge in [-0.3, -0.25) is 4.90 Å². The molecule has 9 nitrogen and oxygen atoms in total. The van der Waals surface area contributed by atoms with Crippen LogP contribution in [0.1, 0.15) is 5.69 Å². The summed E-state index contributed by atoms with van der Waals surface area (Å²) in [6.45, 7) is 2.54. The molecule has 5 rings (SSSR count). The zero-order valence-electron chi connectivity index (χ0n) is 18.4. The number of rotatable bonds is 6. The second-order valence-corrected chi connectivity index (χ2v) is 9.01. The van der Waals surface area contributed by atoms with Crippen molar-refractivity contribution in [3.63, 3.8) is 0 Å². The highest BCUT2D eigenvalue weighted by Crippen LogP contribution is 2.29. The minimum atomic E-state index is -0.513. The van der Waals surface area contributed by atoms with E-state index < -0.39 is 12.2 Å². The van der Waals surface area contributed by atoms with E-state index >= 15 is 0 Å². The summed E-state index contributed by atoms with van der Waals surface area (Å²) < 4.78 is 29.0. The van der Waals surface area contributed by atoms with Gasteiger partial charge in [0.15, 0.2) is 0 Å². The van der Waals surface area contributed by atoms with Crippen molar-refractivity contribution in [3.8, 4) is 22.7 Å². The van der Waals surface area contributed by atoms with Gasteiger partial charge in [0.05, 0.1) is 49.8 Å². The number of nitrogens with zero attached hydrogens (tertiary/aromatic N) is 6. The van der Waals surface area contributed by atoms with E-state index in [4.69, 9.17) is 9.47 Å². The fourth-order valence-corrected chi connectivity index (χ4v) is 4.15. The zero-order valence-corrected chi connectivity index (χ0v) is 20.5. The minimum absolute atomic E-state index is 0.293. The lowest BCUT2D eigenvalue weighted by molar-refractivity contribution is 0.129. The number of anilines is 1. The molecule has 0 unspecified atom stereocenters. The summed E-state index contributed by atoms with van der Waals surface area (Å²) in [4.78, 5) is 18.0. The first kappa shape index (κ1) is 22.3. The van der Waals surface area contributed by atoms with Crippen molar-refractivity contribution in [2.45, 2.75) is 19.6 Å². The van der Waals surface area contributed by atoms with E-state index in [0.29, 0.717) is 33.8 Å². The summed E-state index contributed by atoms with van der Waals surface area (Å²) in [5.74, 6) is 0.300. The molecule has 11 heteroatoms. The van der Waals surface area contributed by atoms with Crippen molar-refractivity contribution in [1.82, 2.24) is 24.5 Å². The van der Waals surface area contributed by atoms with Crippen LogP contribution >= 0.6 is 22.6 Å². The van der Waals surface area contributed by atoms with E-state index in [1.54, 1.807) is 36.4 Å². The summed E-state index contributed by atoms with van der Waals surface area (Å²) in [7, 11) is 1.61. The van der Waals surface area contributed by atoms with Gasteiger partial charge in [0, 0.05) is 15.3 Å². The third-order valence-corrected chi connectivity index (χ3v) is 6.36. The van der Waals surface area contributed by atoms with Gasteiger partial charge < -0.3 is 14.0 Å². The van der Waals surface area contributed by atoms with Crippen LogP contribution in [-0.4, -0.2) is 50.4 Å². The maximum atomic E-state index is 13.9. The van der Waals surface area contributed by atoms with Crippen LogP contribution in [0.25, 0.3) is 16.9 Å². The third kappa shape index (κ3) is 4.34. The molecule has 1 fully saturated rings. The normalized spacial score (nSPS) is 15.6. The number of cyclic esters (lactones) is 1. The molecule has 1 saturated heterocycles. The Kier molecular flexibility index (Phi) is 5.94. The largest absolute Gasteiger partial charge is 0.495 e. The zero-order chi connectivity index (χ0) is 23.8. The van der Waals surface area contributed by atoms with Gasteiger partial charge in [-0.1, -0.05) is 11.3 Å². The van der Waals surface area contributed by atoms with Gasteiger partial charge in [-0.15, -0.1) is 5.10 Å². The van der Waals surface area contributed by atoms with E-state index in [1.165, 1.54) is 11.0 Å². The van der Waals surface area contributed by atoms with Crippen LogP contribution in [0.2, 0.25) is 0 Å². The second-order valence-electron chi connectivity index (χ2n) is 7.85. The Morgan fingerprint density at radius 1 is 1.24 bits per heavy atom. The number of amides is 1. The van der Waals surface area contributed by atoms with E-state index in [-0.39, 0.29) is 5.82 Å². The molecule has 4 aromatic rings. The van der Waals surface area contributed by atoms with E-state index in [0.717, 1.165) is 16.9 Å². The third-order valence-electron chi connectivity index (χ3n) is 5.48. The Labute approximate surface area is 208 Å². The molecule has 2 aromatic heterocycles. The highest BCUT2D eigenvalue weighted by Gasteiger charge is 2.33. The summed E-state index contributed by atoms with van der Waals surface area (Å²) in [6, 6.07) is 10.4. The van der Waals surface area contributed by atoms with Crippen molar-refractivity contribution in [2.75, 3.05) is 18.6 Å². The Balaban J connectivity index is 1.31.